The molecular weight excluding hydrogens is 264 g/mol. The first-order chi connectivity index (χ1) is 9.49. The number of hydrogen-bond acceptors (Lipinski definition) is 6. The van der Waals surface area contributed by atoms with E-state index < -0.39 is 17.8 Å². The molecule has 0 saturated carbocycles. The molecule has 7 heteroatoms. The molecule has 20 heavy (non-hydrogen) atoms. The highest BCUT2D eigenvalue weighted by molar-refractivity contribution is 6.02. The Balaban J connectivity index is 3.14. The fourth-order valence-electron chi connectivity index (χ4n) is 1.38. The minimum atomic E-state index is -0.783. The number of amides is 1. The predicted octanol–water partition coefficient (Wildman–Crippen LogP) is 0.427. The summed E-state index contributed by atoms with van der Waals surface area (Å²) in [6.45, 7) is 0. The van der Waals surface area contributed by atoms with Crippen molar-refractivity contribution in [3.8, 4) is 0 Å². The van der Waals surface area contributed by atoms with E-state index in [1.807, 2.05) is 0 Å². The van der Waals surface area contributed by atoms with Crippen LogP contribution >= 0.6 is 0 Å². The van der Waals surface area contributed by atoms with E-state index in [-0.39, 0.29) is 16.9 Å². The van der Waals surface area contributed by atoms with Crippen molar-refractivity contribution < 1.29 is 23.9 Å². The van der Waals surface area contributed by atoms with E-state index >= 15 is 0 Å². The number of rotatable bonds is 5. The van der Waals surface area contributed by atoms with Crippen molar-refractivity contribution in [1.29, 1.82) is 0 Å². The molecule has 0 fully saturated rings. The lowest BCUT2D eigenvalue weighted by Crippen LogP contribution is -2.19. The third-order valence-corrected chi connectivity index (χ3v) is 2.33. The van der Waals surface area contributed by atoms with Crippen molar-refractivity contribution in [3.05, 3.63) is 41.6 Å². The fourth-order valence-corrected chi connectivity index (χ4v) is 1.38. The molecular formula is C13H14N2O5. The van der Waals surface area contributed by atoms with E-state index in [2.05, 4.69) is 14.8 Å². The van der Waals surface area contributed by atoms with Crippen LogP contribution in [-0.2, 0) is 19.1 Å². The molecule has 3 N–H and O–H groups in total. The van der Waals surface area contributed by atoms with Gasteiger partial charge in [0.25, 0.3) is 5.91 Å². The number of benzene rings is 1. The molecule has 0 bridgehead atoms. The molecule has 0 spiro atoms. The summed E-state index contributed by atoms with van der Waals surface area (Å²) in [4.78, 5) is 34.1. The zero-order valence-electron chi connectivity index (χ0n) is 11.0. The summed E-state index contributed by atoms with van der Waals surface area (Å²) >= 11 is 0. The Hall–Kier alpha value is -2.83. The van der Waals surface area contributed by atoms with E-state index in [4.69, 9.17) is 5.73 Å². The number of ether oxygens (including phenoxy) is 2. The number of primary amides is 1. The SMILES string of the molecule is COC(=O)C=C(Nc1ccccc1C(N)=O)C(=O)OC. The third-order valence-electron chi connectivity index (χ3n) is 2.33. The molecule has 0 aromatic heterocycles. The number of esters is 2. The molecule has 0 aliphatic heterocycles. The average molecular weight is 278 g/mol. The van der Waals surface area contributed by atoms with Crippen LogP contribution in [0.2, 0.25) is 0 Å². The van der Waals surface area contributed by atoms with Gasteiger partial charge in [0.2, 0.25) is 0 Å². The molecule has 7 nitrogen and oxygen atoms in total. The second-order valence-corrected chi connectivity index (χ2v) is 3.61. The Morgan fingerprint density at radius 3 is 2.35 bits per heavy atom. The lowest BCUT2D eigenvalue weighted by atomic mass is 10.1. The first-order valence-corrected chi connectivity index (χ1v) is 5.53. The third kappa shape index (κ3) is 3.84. The van der Waals surface area contributed by atoms with Crippen LogP contribution < -0.4 is 11.1 Å². The lowest BCUT2D eigenvalue weighted by Gasteiger charge is -2.11. The van der Waals surface area contributed by atoms with Crippen molar-refractivity contribution in [3.63, 3.8) is 0 Å². The number of carbonyl (C=O) groups excluding carboxylic acids is 3. The number of nitrogens with one attached hydrogen (secondary N) is 1. The second-order valence-electron chi connectivity index (χ2n) is 3.61. The van der Waals surface area contributed by atoms with Gasteiger partial charge >= 0.3 is 11.9 Å². The van der Waals surface area contributed by atoms with Gasteiger partial charge in [0, 0.05) is 0 Å². The first kappa shape index (κ1) is 15.2. The van der Waals surface area contributed by atoms with E-state index in [9.17, 15) is 14.4 Å². The minimum absolute atomic E-state index is 0.173. The van der Waals surface area contributed by atoms with Gasteiger partial charge in [0.1, 0.15) is 5.70 Å². The van der Waals surface area contributed by atoms with E-state index in [1.54, 1.807) is 12.1 Å². The minimum Gasteiger partial charge on any atom is -0.466 e. The largest absolute Gasteiger partial charge is 0.466 e. The summed E-state index contributed by atoms with van der Waals surface area (Å²) in [5.74, 6) is -2.19. The van der Waals surface area contributed by atoms with Crippen LogP contribution in [0.3, 0.4) is 0 Å². The number of para-hydroxylation sites is 1. The molecule has 0 saturated heterocycles. The Morgan fingerprint density at radius 2 is 1.80 bits per heavy atom. The number of carbonyl (C=O) groups is 3. The van der Waals surface area contributed by atoms with Gasteiger partial charge in [-0.1, -0.05) is 12.1 Å². The predicted molar refractivity (Wildman–Crippen MR) is 70.7 cm³/mol. The standard InChI is InChI=1S/C13H14N2O5/c1-19-11(16)7-10(13(18)20-2)15-9-6-4-3-5-8(9)12(14)17/h3-7,15H,1-2H3,(H2,14,17). The van der Waals surface area contributed by atoms with Gasteiger partial charge in [-0.25, -0.2) is 9.59 Å². The van der Waals surface area contributed by atoms with Gasteiger partial charge in [-0.3, -0.25) is 4.79 Å². The number of nitrogens with two attached hydrogens (primary N) is 1. The van der Waals surface area contributed by atoms with Crippen LogP contribution in [-0.4, -0.2) is 32.1 Å². The summed E-state index contributed by atoms with van der Waals surface area (Å²) in [5, 5.41) is 2.63. The Morgan fingerprint density at radius 1 is 1.15 bits per heavy atom. The van der Waals surface area contributed by atoms with Gasteiger partial charge in [0.15, 0.2) is 0 Å². The van der Waals surface area contributed by atoms with Crippen LogP contribution in [0.1, 0.15) is 10.4 Å². The van der Waals surface area contributed by atoms with Crippen molar-refractivity contribution in [2.45, 2.75) is 0 Å². The van der Waals surface area contributed by atoms with E-state index in [0.717, 1.165) is 13.2 Å². The number of anilines is 1. The monoisotopic (exact) mass is 278 g/mol. The molecule has 0 radical (unpaired) electrons. The molecule has 106 valence electrons. The van der Waals surface area contributed by atoms with Crippen molar-refractivity contribution >= 4 is 23.5 Å². The molecule has 1 amide bonds. The molecule has 0 atom stereocenters. The normalized spacial score (nSPS) is 10.6. The van der Waals surface area contributed by atoms with Gasteiger partial charge in [-0.05, 0) is 12.1 Å². The number of methoxy groups -OCH3 is 2. The summed E-state index contributed by atoms with van der Waals surface area (Å²) in [6, 6.07) is 6.28. The summed E-state index contributed by atoms with van der Waals surface area (Å²) < 4.78 is 8.97. The summed E-state index contributed by atoms with van der Waals surface area (Å²) in [7, 11) is 2.33. The van der Waals surface area contributed by atoms with Crippen molar-refractivity contribution in [1.82, 2.24) is 0 Å². The van der Waals surface area contributed by atoms with Crippen LogP contribution in [0.25, 0.3) is 0 Å². The highest BCUT2D eigenvalue weighted by Crippen LogP contribution is 2.17. The van der Waals surface area contributed by atoms with Crippen LogP contribution in [0.15, 0.2) is 36.0 Å². The van der Waals surface area contributed by atoms with Gasteiger partial charge < -0.3 is 20.5 Å². The maximum absolute atomic E-state index is 11.6. The van der Waals surface area contributed by atoms with Crippen molar-refractivity contribution in [2.24, 2.45) is 5.73 Å². The maximum Gasteiger partial charge on any atom is 0.354 e. The Labute approximate surface area is 115 Å². The van der Waals surface area contributed by atoms with Gasteiger partial charge in [0.05, 0.1) is 31.5 Å². The Kier molecular flexibility index (Phi) is 5.28. The quantitative estimate of drug-likeness (QED) is 0.597. The highest BCUT2D eigenvalue weighted by atomic mass is 16.5. The highest BCUT2D eigenvalue weighted by Gasteiger charge is 2.15. The fraction of sp³-hybridized carbons (Fsp3) is 0.154. The van der Waals surface area contributed by atoms with Crippen molar-refractivity contribution in [2.75, 3.05) is 19.5 Å². The molecule has 1 aromatic rings. The molecule has 0 aliphatic carbocycles. The van der Waals surface area contributed by atoms with Gasteiger partial charge in [-0.2, -0.15) is 0 Å². The zero-order valence-corrected chi connectivity index (χ0v) is 11.0. The van der Waals surface area contributed by atoms with Crippen LogP contribution in [0.5, 0.6) is 0 Å². The molecule has 0 heterocycles. The molecule has 0 unspecified atom stereocenters. The summed E-state index contributed by atoms with van der Waals surface area (Å²) in [5.41, 5.74) is 5.50. The van der Waals surface area contributed by atoms with E-state index in [0.29, 0.717) is 0 Å². The Bertz CT molecular complexity index is 566. The molecule has 0 aliphatic rings. The smallest absolute Gasteiger partial charge is 0.354 e. The second kappa shape index (κ2) is 6.93. The van der Waals surface area contributed by atoms with E-state index in [1.165, 1.54) is 19.2 Å². The zero-order chi connectivity index (χ0) is 15.1. The lowest BCUT2D eigenvalue weighted by molar-refractivity contribution is -0.138. The molecule has 1 rings (SSSR count). The molecule has 1 aromatic carbocycles. The topological polar surface area (TPSA) is 108 Å². The summed E-state index contributed by atoms with van der Waals surface area (Å²) in [6.07, 6.45) is 0.920. The first-order valence-electron chi connectivity index (χ1n) is 5.53. The van der Waals surface area contributed by atoms with Gasteiger partial charge in [-0.15, -0.1) is 0 Å². The van der Waals surface area contributed by atoms with Crippen LogP contribution in [0.4, 0.5) is 5.69 Å². The maximum atomic E-state index is 11.6. The van der Waals surface area contributed by atoms with Crippen LogP contribution in [0, 0.1) is 0 Å². The average Bonchev–Trinajstić information content (AvgIpc) is 2.45. The number of hydrogen-bond donors (Lipinski definition) is 2.